The summed E-state index contributed by atoms with van der Waals surface area (Å²) in [7, 11) is 0. The molecule has 1 unspecified atom stereocenters. The maximum absolute atomic E-state index is 13.3. The van der Waals surface area contributed by atoms with Gasteiger partial charge in [0, 0.05) is 17.1 Å². The Labute approximate surface area is 224 Å². The molecule has 1 amide bonds. The van der Waals surface area contributed by atoms with Crippen LogP contribution >= 0.6 is 11.3 Å². The zero-order valence-electron chi connectivity index (χ0n) is 20.7. The Morgan fingerprint density at radius 3 is 2.47 bits per heavy atom. The number of aliphatic hydroxyl groups excluding tert-OH is 1. The lowest BCUT2D eigenvalue weighted by Crippen LogP contribution is -2.29. The van der Waals surface area contributed by atoms with Gasteiger partial charge < -0.3 is 14.6 Å². The van der Waals surface area contributed by atoms with Crippen LogP contribution in [0.3, 0.4) is 0 Å². The summed E-state index contributed by atoms with van der Waals surface area (Å²) in [4.78, 5) is 32.1. The van der Waals surface area contributed by atoms with Gasteiger partial charge >= 0.3 is 5.91 Å². The molecule has 7 nitrogen and oxygen atoms in total. The van der Waals surface area contributed by atoms with Crippen molar-refractivity contribution >= 4 is 33.9 Å². The number of hydrogen-bond donors (Lipinski definition) is 1. The van der Waals surface area contributed by atoms with E-state index in [-0.39, 0.29) is 11.3 Å². The number of carbonyl (C=O) groups is 2. The van der Waals surface area contributed by atoms with E-state index in [9.17, 15) is 14.7 Å². The van der Waals surface area contributed by atoms with Crippen LogP contribution in [0.4, 0.5) is 5.13 Å². The molecule has 1 aromatic heterocycles. The van der Waals surface area contributed by atoms with E-state index < -0.39 is 17.7 Å². The zero-order valence-corrected chi connectivity index (χ0v) is 21.6. The molecule has 0 saturated carbocycles. The second kappa shape index (κ2) is 11.3. The summed E-state index contributed by atoms with van der Waals surface area (Å²) in [5, 5.41) is 13.5. The SMILES string of the molecule is CCCOc1cccc(C(O)=C2C(=O)C(=O)N(c3nccs3)C2c2ccc(OCc3ccccc3)cc2)c1. The molecule has 4 aromatic rings. The largest absolute Gasteiger partial charge is 0.507 e. The highest BCUT2D eigenvalue weighted by molar-refractivity contribution is 7.14. The van der Waals surface area contributed by atoms with Crippen molar-refractivity contribution in [3.8, 4) is 11.5 Å². The fourth-order valence-electron chi connectivity index (χ4n) is 4.28. The molecular formula is C30H26N2O5S. The van der Waals surface area contributed by atoms with Gasteiger partial charge in [-0.3, -0.25) is 14.5 Å². The predicted octanol–water partition coefficient (Wildman–Crippen LogP) is 6.14. The van der Waals surface area contributed by atoms with Crippen molar-refractivity contribution in [3.63, 3.8) is 0 Å². The second-order valence-corrected chi connectivity index (χ2v) is 9.58. The van der Waals surface area contributed by atoms with Crippen LogP contribution in [0.1, 0.15) is 36.1 Å². The van der Waals surface area contributed by atoms with Crippen LogP contribution in [0, 0.1) is 0 Å². The molecule has 0 bridgehead atoms. The van der Waals surface area contributed by atoms with E-state index in [1.165, 1.54) is 16.2 Å². The Morgan fingerprint density at radius 1 is 0.974 bits per heavy atom. The predicted molar refractivity (Wildman–Crippen MR) is 146 cm³/mol. The molecular weight excluding hydrogens is 500 g/mol. The summed E-state index contributed by atoms with van der Waals surface area (Å²) >= 11 is 1.25. The van der Waals surface area contributed by atoms with E-state index in [2.05, 4.69) is 4.98 Å². The third kappa shape index (κ3) is 5.17. The van der Waals surface area contributed by atoms with E-state index in [0.717, 1.165) is 12.0 Å². The highest BCUT2D eigenvalue weighted by atomic mass is 32.1. The van der Waals surface area contributed by atoms with E-state index in [1.807, 2.05) is 37.3 Å². The lowest BCUT2D eigenvalue weighted by molar-refractivity contribution is -0.132. The number of Topliss-reactive ketones (excluding diaryl/α,β-unsaturated/α-hetero) is 1. The van der Waals surface area contributed by atoms with Crippen molar-refractivity contribution in [1.29, 1.82) is 0 Å². The molecule has 1 atom stereocenters. The molecule has 38 heavy (non-hydrogen) atoms. The maximum Gasteiger partial charge on any atom is 0.301 e. The highest BCUT2D eigenvalue weighted by Crippen LogP contribution is 2.43. The number of nitrogens with zero attached hydrogens (tertiary/aromatic N) is 2. The van der Waals surface area contributed by atoms with Crippen molar-refractivity contribution < 1.29 is 24.2 Å². The van der Waals surface area contributed by atoms with Crippen LogP contribution in [-0.2, 0) is 16.2 Å². The number of amides is 1. The van der Waals surface area contributed by atoms with E-state index in [0.29, 0.717) is 41.0 Å². The summed E-state index contributed by atoms with van der Waals surface area (Å²) in [5.41, 5.74) is 2.07. The number of thiazole rings is 1. The zero-order chi connectivity index (χ0) is 26.5. The molecule has 3 aromatic carbocycles. The monoisotopic (exact) mass is 526 g/mol. The second-order valence-electron chi connectivity index (χ2n) is 8.70. The fourth-order valence-corrected chi connectivity index (χ4v) is 4.94. The van der Waals surface area contributed by atoms with Crippen molar-refractivity contribution in [2.75, 3.05) is 11.5 Å². The lowest BCUT2D eigenvalue weighted by Gasteiger charge is -2.23. The molecule has 0 spiro atoms. The van der Waals surface area contributed by atoms with Gasteiger partial charge in [0.25, 0.3) is 5.78 Å². The number of hydrogen-bond acceptors (Lipinski definition) is 7. The number of aliphatic hydroxyl groups is 1. The number of carbonyl (C=O) groups excluding carboxylic acids is 2. The van der Waals surface area contributed by atoms with Gasteiger partial charge in [0.2, 0.25) is 0 Å². The van der Waals surface area contributed by atoms with E-state index in [4.69, 9.17) is 9.47 Å². The maximum atomic E-state index is 13.3. The van der Waals surface area contributed by atoms with E-state index >= 15 is 0 Å². The Morgan fingerprint density at radius 2 is 1.76 bits per heavy atom. The van der Waals surface area contributed by atoms with Gasteiger partial charge in [0.15, 0.2) is 5.13 Å². The normalized spacial score (nSPS) is 16.6. The third-order valence-corrected chi connectivity index (χ3v) is 6.87. The van der Waals surface area contributed by atoms with Crippen molar-refractivity contribution in [3.05, 3.63) is 113 Å². The average Bonchev–Trinajstić information content (AvgIpc) is 3.58. The highest BCUT2D eigenvalue weighted by Gasteiger charge is 2.48. The Balaban J connectivity index is 1.52. The van der Waals surface area contributed by atoms with Gasteiger partial charge in [-0.15, -0.1) is 11.3 Å². The summed E-state index contributed by atoms with van der Waals surface area (Å²) in [5.74, 6) is -0.564. The number of aromatic nitrogens is 1. The van der Waals surface area contributed by atoms with E-state index in [1.54, 1.807) is 60.1 Å². The number of rotatable bonds is 9. The van der Waals surface area contributed by atoms with Crippen molar-refractivity contribution in [2.45, 2.75) is 26.0 Å². The van der Waals surface area contributed by atoms with Gasteiger partial charge in [-0.1, -0.05) is 61.5 Å². The molecule has 1 N–H and O–H groups in total. The molecule has 1 aliphatic heterocycles. The Hall–Kier alpha value is -4.43. The number of anilines is 1. The first-order chi connectivity index (χ1) is 18.6. The first-order valence-corrected chi connectivity index (χ1v) is 13.1. The molecule has 0 radical (unpaired) electrons. The minimum atomic E-state index is -0.857. The average molecular weight is 527 g/mol. The van der Waals surface area contributed by atoms with Gasteiger partial charge in [0.1, 0.15) is 23.9 Å². The van der Waals surface area contributed by atoms with Gasteiger partial charge in [-0.25, -0.2) is 4.98 Å². The van der Waals surface area contributed by atoms with Crippen LogP contribution in [0.5, 0.6) is 11.5 Å². The molecule has 192 valence electrons. The fraction of sp³-hybridized carbons (Fsp3) is 0.167. The standard InChI is InChI=1S/C30H26N2O5S/c1-2-16-36-24-10-6-9-22(18-24)27(33)25-26(32(29(35)28(25)34)30-31-15-17-38-30)21-11-13-23(14-12-21)37-19-20-7-4-3-5-8-20/h3-15,17-18,26,33H,2,16,19H2,1H3. The molecule has 5 rings (SSSR count). The molecule has 8 heteroatoms. The number of ketones is 1. The number of ether oxygens (including phenoxy) is 2. The topological polar surface area (TPSA) is 89.0 Å². The van der Waals surface area contributed by atoms with Crippen molar-refractivity contribution in [1.82, 2.24) is 4.98 Å². The quantitative estimate of drug-likeness (QED) is 0.160. The first-order valence-electron chi connectivity index (χ1n) is 12.3. The summed E-state index contributed by atoms with van der Waals surface area (Å²) < 4.78 is 11.6. The molecule has 2 heterocycles. The van der Waals surface area contributed by atoms with Crippen LogP contribution in [-0.4, -0.2) is 28.4 Å². The smallest absolute Gasteiger partial charge is 0.301 e. The summed E-state index contributed by atoms with van der Waals surface area (Å²) in [6.07, 6.45) is 2.41. The summed E-state index contributed by atoms with van der Waals surface area (Å²) in [6.45, 7) is 2.94. The van der Waals surface area contributed by atoms with Gasteiger partial charge in [-0.05, 0) is 41.8 Å². The van der Waals surface area contributed by atoms with Crippen LogP contribution in [0.2, 0.25) is 0 Å². The lowest BCUT2D eigenvalue weighted by atomic mass is 9.95. The van der Waals surface area contributed by atoms with Gasteiger partial charge in [-0.2, -0.15) is 0 Å². The molecule has 1 saturated heterocycles. The van der Waals surface area contributed by atoms with Crippen molar-refractivity contribution in [2.24, 2.45) is 0 Å². The number of benzene rings is 3. The first kappa shape index (κ1) is 25.2. The van der Waals surface area contributed by atoms with Crippen LogP contribution in [0.15, 0.2) is 96.0 Å². The van der Waals surface area contributed by atoms with Gasteiger partial charge in [0.05, 0.1) is 18.2 Å². The van der Waals surface area contributed by atoms with Crippen LogP contribution < -0.4 is 14.4 Å². The van der Waals surface area contributed by atoms with Crippen LogP contribution in [0.25, 0.3) is 5.76 Å². The Bertz CT molecular complexity index is 1450. The minimum Gasteiger partial charge on any atom is -0.507 e. The molecule has 1 fully saturated rings. The third-order valence-electron chi connectivity index (χ3n) is 6.09. The molecule has 0 aliphatic carbocycles. The molecule has 1 aliphatic rings. The Kier molecular flexibility index (Phi) is 7.51. The minimum absolute atomic E-state index is 0.00389. The summed E-state index contributed by atoms with van der Waals surface area (Å²) in [6, 6.07) is 23.0.